The summed E-state index contributed by atoms with van der Waals surface area (Å²) in [5.41, 5.74) is 2.23. The molecular formula is C25H22FNO4. The van der Waals surface area contributed by atoms with Gasteiger partial charge in [-0.25, -0.2) is 9.18 Å². The Labute approximate surface area is 179 Å². The summed E-state index contributed by atoms with van der Waals surface area (Å²) in [6, 6.07) is 19.8. The van der Waals surface area contributed by atoms with Crippen LogP contribution in [0.15, 0.2) is 72.8 Å². The second kappa shape index (κ2) is 10.2. The molecule has 3 rings (SSSR count). The molecule has 3 aromatic rings. The molecule has 0 spiro atoms. The Bertz CT molecular complexity index is 1070. The molecule has 5 nitrogen and oxygen atoms in total. The van der Waals surface area contributed by atoms with Crippen molar-refractivity contribution in [1.29, 1.82) is 0 Å². The highest BCUT2D eigenvalue weighted by molar-refractivity contribution is 6.20. The Morgan fingerprint density at radius 2 is 1.52 bits per heavy atom. The zero-order valence-electron chi connectivity index (χ0n) is 17.0. The third-order valence-corrected chi connectivity index (χ3v) is 4.66. The molecule has 31 heavy (non-hydrogen) atoms. The van der Waals surface area contributed by atoms with Crippen molar-refractivity contribution in [2.75, 3.05) is 7.05 Å². The number of aliphatic carboxylic acids is 1. The number of rotatable bonds is 8. The average molecular weight is 419 g/mol. The smallest absolute Gasteiger partial charge is 0.336 e. The Kier molecular flexibility index (Phi) is 7.17. The van der Waals surface area contributed by atoms with E-state index in [1.807, 2.05) is 24.3 Å². The van der Waals surface area contributed by atoms with Crippen LogP contribution in [0.3, 0.4) is 0 Å². The van der Waals surface area contributed by atoms with Crippen molar-refractivity contribution in [1.82, 2.24) is 5.32 Å². The van der Waals surface area contributed by atoms with Gasteiger partial charge in [0.25, 0.3) is 0 Å². The van der Waals surface area contributed by atoms with E-state index in [1.165, 1.54) is 30.3 Å². The number of amides is 1. The molecule has 0 bridgehead atoms. The van der Waals surface area contributed by atoms with E-state index in [9.17, 15) is 19.1 Å². The predicted molar refractivity (Wildman–Crippen MR) is 117 cm³/mol. The number of carboxylic acids is 1. The van der Waals surface area contributed by atoms with E-state index in [0.29, 0.717) is 35.5 Å². The van der Waals surface area contributed by atoms with Gasteiger partial charge < -0.3 is 15.2 Å². The third-order valence-electron chi connectivity index (χ3n) is 4.66. The number of ether oxygens (including phenoxy) is 1. The van der Waals surface area contributed by atoms with Crippen LogP contribution < -0.4 is 10.1 Å². The van der Waals surface area contributed by atoms with Crippen LogP contribution in [-0.2, 0) is 16.0 Å². The van der Waals surface area contributed by atoms with Gasteiger partial charge in [0.2, 0.25) is 5.91 Å². The average Bonchev–Trinajstić information content (AvgIpc) is 2.78. The molecule has 0 fully saturated rings. The van der Waals surface area contributed by atoms with Crippen LogP contribution in [0.4, 0.5) is 4.39 Å². The standard InChI is InChI=1S/C25H22FNO4/c1-27-24(28)15-6-17-4-11-21(12-5-17)31-22-13-7-19(8-14-22)23(25(29)30)16-18-2-9-20(26)10-3-18/h2-5,7-14,16H,6,15H2,1H3,(H,27,28)(H,29,30)/b23-16+. The first-order valence-corrected chi connectivity index (χ1v) is 9.73. The van der Waals surface area contributed by atoms with Crippen molar-refractivity contribution in [3.63, 3.8) is 0 Å². The molecule has 2 N–H and O–H groups in total. The molecule has 3 aromatic carbocycles. The number of halogens is 1. The molecule has 0 saturated heterocycles. The van der Waals surface area contributed by atoms with Crippen LogP contribution >= 0.6 is 0 Å². The van der Waals surface area contributed by atoms with Gasteiger partial charge in [-0.1, -0.05) is 36.4 Å². The number of aryl methyl sites for hydroxylation is 1. The first kappa shape index (κ1) is 21.8. The van der Waals surface area contributed by atoms with E-state index >= 15 is 0 Å². The van der Waals surface area contributed by atoms with Crippen LogP contribution in [0.25, 0.3) is 11.6 Å². The van der Waals surface area contributed by atoms with Gasteiger partial charge in [-0.15, -0.1) is 0 Å². The molecule has 1 amide bonds. The molecule has 6 heteroatoms. The summed E-state index contributed by atoms with van der Waals surface area (Å²) in [7, 11) is 1.61. The minimum Gasteiger partial charge on any atom is -0.478 e. The van der Waals surface area contributed by atoms with Crippen molar-refractivity contribution in [3.8, 4) is 11.5 Å². The maximum atomic E-state index is 13.1. The zero-order valence-corrected chi connectivity index (χ0v) is 17.0. The Balaban J connectivity index is 1.69. The molecule has 0 unspecified atom stereocenters. The summed E-state index contributed by atoms with van der Waals surface area (Å²) in [5.74, 6) is -0.264. The van der Waals surface area contributed by atoms with Crippen LogP contribution in [0.2, 0.25) is 0 Å². The molecule has 0 aliphatic carbocycles. The van der Waals surface area contributed by atoms with Gasteiger partial charge in [-0.3, -0.25) is 4.79 Å². The van der Waals surface area contributed by atoms with Crippen LogP contribution in [0.1, 0.15) is 23.1 Å². The summed E-state index contributed by atoms with van der Waals surface area (Å²) < 4.78 is 18.9. The van der Waals surface area contributed by atoms with Gasteiger partial charge in [-0.05, 0) is 65.6 Å². The van der Waals surface area contributed by atoms with Gasteiger partial charge in [0.05, 0.1) is 5.57 Å². The highest BCUT2D eigenvalue weighted by Crippen LogP contribution is 2.26. The number of hydrogen-bond donors (Lipinski definition) is 2. The van der Waals surface area contributed by atoms with Crippen molar-refractivity contribution in [3.05, 3.63) is 95.3 Å². The minimum atomic E-state index is -1.08. The third kappa shape index (κ3) is 6.27. The predicted octanol–water partition coefficient (Wildman–Crippen LogP) is 4.92. The highest BCUT2D eigenvalue weighted by Gasteiger charge is 2.11. The maximum Gasteiger partial charge on any atom is 0.336 e. The summed E-state index contributed by atoms with van der Waals surface area (Å²) in [6.07, 6.45) is 2.57. The van der Waals surface area contributed by atoms with Crippen molar-refractivity contribution in [2.24, 2.45) is 0 Å². The Morgan fingerprint density at radius 1 is 0.935 bits per heavy atom. The molecule has 0 radical (unpaired) electrons. The first-order valence-electron chi connectivity index (χ1n) is 9.73. The van der Waals surface area contributed by atoms with Crippen molar-refractivity contribution < 1.29 is 23.8 Å². The Hall–Kier alpha value is -3.93. The van der Waals surface area contributed by atoms with E-state index in [2.05, 4.69) is 5.32 Å². The topological polar surface area (TPSA) is 75.6 Å². The largest absolute Gasteiger partial charge is 0.478 e. The zero-order chi connectivity index (χ0) is 22.2. The summed E-state index contributed by atoms with van der Waals surface area (Å²) in [6.45, 7) is 0. The second-order valence-corrected chi connectivity index (χ2v) is 6.86. The fourth-order valence-electron chi connectivity index (χ4n) is 2.94. The second-order valence-electron chi connectivity index (χ2n) is 6.86. The van der Waals surface area contributed by atoms with E-state index in [-0.39, 0.29) is 17.3 Å². The lowest BCUT2D eigenvalue weighted by Crippen LogP contribution is -2.17. The molecule has 0 atom stereocenters. The van der Waals surface area contributed by atoms with Crippen molar-refractivity contribution in [2.45, 2.75) is 12.8 Å². The van der Waals surface area contributed by atoms with Crippen molar-refractivity contribution >= 4 is 23.5 Å². The summed E-state index contributed by atoms with van der Waals surface area (Å²) in [4.78, 5) is 23.0. The normalized spacial score (nSPS) is 11.1. The first-order chi connectivity index (χ1) is 14.9. The van der Waals surface area contributed by atoms with Crippen LogP contribution in [0.5, 0.6) is 11.5 Å². The number of carbonyl (C=O) groups excluding carboxylic acids is 1. The van der Waals surface area contributed by atoms with Crippen LogP contribution in [-0.4, -0.2) is 24.0 Å². The fraction of sp³-hybridized carbons (Fsp3) is 0.120. The number of hydrogen-bond acceptors (Lipinski definition) is 3. The SMILES string of the molecule is CNC(=O)CCc1ccc(Oc2ccc(/C(=C\c3ccc(F)cc3)C(=O)O)cc2)cc1. The molecule has 0 aromatic heterocycles. The highest BCUT2D eigenvalue weighted by atomic mass is 19.1. The van der Waals surface area contributed by atoms with Gasteiger partial charge in [0.1, 0.15) is 17.3 Å². The van der Waals surface area contributed by atoms with E-state index in [1.54, 1.807) is 31.3 Å². The molecule has 0 aliphatic heterocycles. The minimum absolute atomic E-state index is 0.00498. The van der Waals surface area contributed by atoms with Gasteiger partial charge in [0.15, 0.2) is 0 Å². The fourth-order valence-corrected chi connectivity index (χ4v) is 2.94. The van der Waals surface area contributed by atoms with Gasteiger partial charge >= 0.3 is 5.97 Å². The summed E-state index contributed by atoms with van der Waals surface area (Å²) in [5, 5.41) is 12.2. The van der Waals surface area contributed by atoms with E-state index in [4.69, 9.17) is 4.74 Å². The molecule has 158 valence electrons. The van der Waals surface area contributed by atoms with E-state index < -0.39 is 5.97 Å². The number of carboxylic acid groups (broad SMARTS) is 1. The lowest BCUT2D eigenvalue weighted by atomic mass is 10.0. The van der Waals surface area contributed by atoms with E-state index in [0.717, 1.165) is 5.56 Å². The molecule has 0 aliphatic rings. The van der Waals surface area contributed by atoms with Crippen LogP contribution in [0, 0.1) is 5.82 Å². The lowest BCUT2D eigenvalue weighted by molar-refractivity contribution is -0.130. The van der Waals surface area contributed by atoms with Gasteiger partial charge in [0, 0.05) is 13.5 Å². The molecular weight excluding hydrogens is 397 g/mol. The number of carbonyl (C=O) groups is 2. The number of nitrogens with one attached hydrogen (secondary N) is 1. The summed E-state index contributed by atoms with van der Waals surface area (Å²) >= 11 is 0. The number of benzene rings is 3. The lowest BCUT2D eigenvalue weighted by Gasteiger charge is -2.09. The monoisotopic (exact) mass is 419 g/mol. The molecule has 0 heterocycles. The quantitative estimate of drug-likeness (QED) is 0.401. The maximum absolute atomic E-state index is 13.1. The Morgan fingerprint density at radius 3 is 2.06 bits per heavy atom. The molecule has 0 saturated carbocycles. The van der Waals surface area contributed by atoms with Gasteiger partial charge in [-0.2, -0.15) is 0 Å².